The van der Waals surface area contributed by atoms with E-state index in [0.717, 1.165) is 56.2 Å². The van der Waals surface area contributed by atoms with Crippen molar-refractivity contribution < 1.29 is 4.74 Å². The highest BCUT2D eigenvalue weighted by molar-refractivity contribution is 5.80. The van der Waals surface area contributed by atoms with Crippen LogP contribution in [0.5, 0.6) is 0 Å². The smallest absolute Gasteiger partial charge is 0.194 e. The average molecular weight is 392 g/mol. The Morgan fingerprint density at radius 2 is 2.04 bits per heavy atom. The van der Waals surface area contributed by atoms with E-state index in [1.165, 1.54) is 45.3 Å². The van der Waals surface area contributed by atoms with E-state index in [1.807, 2.05) is 18.5 Å². The maximum absolute atomic E-state index is 5.18. The number of rotatable bonds is 8. The monoisotopic (exact) mass is 391 g/mol. The van der Waals surface area contributed by atoms with Gasteiger partial charge in [-0.05, 0) is 51.6 Å². The molecule has 0 amide bonds. The standard InChI is InChI=1S/C20H37N7O/c1-17-23-24-19(25(17)2)14-22-20(21-9-7-13-28-3)27-12-8-18(16-27)15-26-10-5-4-6-11-26/h18H,4-16H2,1-3H3,(H,21,22). The van der Waals surface area contributed by atoms with Crippen molar-refractivity contribution in [1.82, 2.24) is 29.9 Å². The molecule has 0 radical (unpaired) electrons. The molecule has 0 bridgehead atoms. The molecule has 3 rings (SSSR count). The first kappa shape index (κ1) is 21.0. The molecule has 0 saturated carbocycles. The molecule has 2 aliphatic rings. The lowest BCUT2D eigenvalue weighted by atomic mass is 10.1. The third kappa shape index (κ3) is 5.91. The highest BCUT2D eigenvalue weighted by Crippen LogP contribution is 2.20. The molecule has 2 saturated heterocycles. The lowest BCUT2D eigenvalue weighted by Gasteiger charge is -2.29. The summed E-state index contributed by atoms with van der Waals surface area (Å²) in [4.78, 5) is 9.96. The SMILES string of the molecule is COCCCNC(=NCc1nnc(C)n1C)N1CCC(CN2CCCCC2)C1. The van der Waals surface area contributed by atoms with Gasteiger partial charge in [0.25, 0.3) is 0 Å². The van der Waals surface area contributed by atoms with E-state index in [9.17, 15) is 0 Å². The number of guanidine groups is 1. The van der Waals surface area contributed by atoms with E-state index in [0.29, 0.717) is 6.54 Å². The van der Waals surface area contributed by atoms with Gasteiger partial charge in [0.15, 0.2) is 11.8 Å². The van der Waals surface area contributed by atoms with E-state index < -0.39 is 0 Å². The fourth-order valence-electron chi connectivity index (χ4n) is 4.10. The molecule has 8 nitrogen and oxygen atoms in total. The van der Waals surface area contributed by atoms with Gasteiger partial charge in [0.05, 0.1) is 0 Å². The van der Waals surface area contributed by atoms with Gasteiger partial charge in [-0.15, -0.1) is 10.2 Å². The summed E-state index contributed by atoms with van der Waals surface area (Å²) < 4.78 is 7.19. The van der Waals surface area contributed by atoms with Crippen LogP contribution in [0.4, 0.5) is 0 Å². The molecule has 0 aromatic carbocycles. The highest BCUT2D eigenvalue weighted by Gasteiger charge is 2.27. The number of hydrogen-bond acceptors (Lipinski definition) is 5. The number of piperidine rings is 1. The number of nitrogens with zero attached hydrogens (tertiary/aromatic N) is 6. The molecule has 0 aliphatic carbocycles. The van der Waals surface area contributed by atoms with Crippen LogP contribution in [0.25, 0.3) is 0 Å². The number of aromatic nitrogens is 3. The zero-order chi connectivity index (χ0) is 19.8. The predicted octanol–water partition coefficient (Wildman–Crippen LogP) is 1.41. The summed E-state index contributed by atoms with van der Waals surface area (Å²) in [5, 5.41) is 11.9. The van der Waals surface area contributed by atoms with Gasteiger partial charge < -0.3 is 24.4 Å². The van der Waals surface area contributed by atoms with E-state index >= 15 is 0 Å². The lowest BCUT2D eigenvalue weighted by molar-refractivity contribution is 0.195. The summed E-state index contributed by atoms with van der Waals surface area (Å²) in [6.45, 7) is 10.1. The van der Waals surface area contributed by atoms with Gasteiger partial charge in [-0.1, -0.05) is 6.42 Å². The molecule has 2 aliphatic heterocycles. The molecule has 1 N–H and O–H groups in total. The second-order valence-corrected chi connectivity index (χ2v) is 8.10. The maximum Gasteiger partial charge on any atom is 0.194 e. The number of aryl methyl sites for hydroxylation is 1. The quantitative estimate of drug-likeness (QED) is 0.410. The Balaban J connectivity index is 1.57. The summed E-state index contributed by atoms with van der Waals surface area (Å²) in [6.07, 6.45) is 6.35. The third-order valence-corrected chi connectivity index (χ3v) is 5.91. The fourth-order valence-corrected chi connectivity index (χ4v) is 4.10. The molecule has 28 heavy (non-hydrogen) atoms. The van der Waals surface area contributed by atoms with Gasteiger partial charge in [-0.2, -0.15) is 0 Å². The number of aliphatic imine (C=N–C) groups is 1. The van der Waals surface area contributed by atoms with Crippen molar-refractivity contribution in [3.05, 3.63) is 11.6 Å². The van der Waals surface area contributed by atoms with Gasteiger partial charge >= 0.3 is 0 Å². The molecule has 0 spiro atoms. The van der Waals surface area contributed by atoms with Crippen molar-refractivity contribution in [2.45, 2.75) is 45.6 Å². The van der Waals surface area contributed by atoms with Crippen LogP contribution >= 0.6 is 0 Å². The second kappa shape index (κ2) is 10.8. The molecular formula is C20H37N7O. The van der Waals surface area contributed by atoms with Gasteiger partial charge in [0.1, 0.15) is 12.4 Å². The van der Waals surface area contributed by atoms with Crippen LogP contribution in [0.15, 0.2) is 4.99 Å². The van der Waals surface area contributed by atoms with E-state index in [-0.39, 0.29) is 0 Å². The topological polar surface area (TPSA) is 70.8 Å². The number of likely N-dealkylation sites (tertiary alicyclic amines) is 2. The first-order valence-electron chi connectivity index (χ1n) is 10.8. The van der Waals surface area contributed by atoms with Crippen molar-refractivity contribution in [3.8, 4) is 0 Å². The Labute approximate surface area is 169 Å². The Morgan fingerprint density at radius 1 is 1.21 bits per heavy atom. The summed E-state index contributed by atoms with van der Waals surface area (Å²) in [6, 6.07) is 0. The normalized spacial score (nSPS) is 21.5. The van der Waals surface area contributed by atoms with Crippen LogP contribution in [0.2, 0.25) is 0 Å². The first-order valence-corrected chi connectivity index (χ1v) is 10.8. The largest absolute Gasteiger partial charge is 0.385 e. The number of hydrogen-bond donors (Lipinski definition) is 1. The summed E-state index contributed by atoms with van der Waals surface area (Å²) >= 11 is 0. The Hall–Kier alpha value is -1.67. The zero-order valence-electron chi connectivity index (χ0n) is 17.9. The molecule has 1 unspecified atom stereocenters. The van der Waals surface area contributed by atoms with E-state index in [2.05, 4.69) is 25.3 Å². The Kier molecular flexibility index (Phi) is 8.09. The highest BCUT2D eigenvalue weighted by atomic mass is 16.5. The average Bonchev–Trinajstić information content (AvgIpc) is 3.30. The van der Waals surface area contributed by atoms with Crippen molar-refractivity contribution >= 4 is 5.96 Å². The van der Waals surface area contributed by atoms with Crippen LogP contribution in [0.3, 0.4) is 0 Å². The van der Waals surface area contributed by atoms with Crippen LogP contribution < -0.4 is 5.32 Å². The summed E-state index contributed by atoms with van der Waals surface area (Å²) in [5.74, 6) is 3.55. The van der Waals surface area contributed by atoms with Crippen LogP contribution in [0.1, 0.15) is 43.8 Å². The number of methoxy groups -OCH3 is 1. The van der Waals surface area contributed by atoms with Crippen LogP contribution in [-0.4, -0.2) is 83.5 Å². The van der Waals surface area contributed by atoms with Crippen LogP contribution in [-0.2, 0) is 18.3 Å². The minimum Gasteiger partial charge on any atom is -0.385 e. The number of ether oxygens (including phenoxy) is 1. The van der Waals surface area contributed by atoms with Crippen molar-refractivity contribution in [1.29, 1.82) is 0 Å². The third-order valence-electron chi connectivity index (χ3n) is 5.91. The maximum atomic E-state index is 5.18. The minimum absolute atomic E-state index is 0.553. The fraction of sp³-hybridized carbons (Fsp3) is 0.850. The second-order valence-electron chi connectivity index (χ2n) is 8.10. The van der Waals surface area contributed by atoms with Gasteiger partial charge in [0, 0.05) is 46.9 Å². The molecular weight excluding hydrogens is 354 g/mol. The zero-order valence-corrected chi connectivity index (χ0v) is 17.9. The predicted molar refractivity (Wildman–Crippen MR) is 111 cm³/mol. The first-order chi connectivity index (χ1) is 13.7. The molecule has 158 valence electrons. The Bertz CT molecular complexity index is 624. The van der Waals surface area contributed by atoms with Gasteiger partial charge in [-0.25, -0.2) is 4.99 Å². The van der Waals surface area contributed by atoms with Gasteiger partial charge in [-0.3, -0.25) is 0 Å². The Morgan fingerprint density at radius 3 is 2.75 bits per heavy atom. The molecule has 1 aromatic rings. The summed E-state index contributed by atoms with van der Waals surface area (Å²) in [5.41, 5.74) is 0. The van der Waals surface area contributed by atoms with Crippen LogP contribution in [0, 0.1) is 12.8 Å². The summed E-state index contributed by atoms with van der Waals surface area (Å²) in [7, 11) is 3.74. The molecule has 3 heterocycles. The van der Waals surface area contributed by atoms with Crippen molar-refractivity contribution in [2.75, 3.05) is 53.0 Å². The van der Waals surface area contributed by atoms with Crippen molar-refractivity contribution in [3.63, 3.8) is 0 Å². The molecule has 8 heteroatoms. The van der Waals surface area contributed by atoms with E-state index in [4.69, 9.17) is 9.73 Å². The minimum atomic E-state index is 0.553. The van der Waals surface area contributed by atoms with Gasteiger partial charge in [0.2, 0.25) is 0 Å². The molecule has 1 atom stereocenters. The van der Waals surface area contributed by atoms with E-state index in [1.54, 1.807) is 7.11 Å². The van der Waals surface area contributed by atoms with Crippen molar-refractivity contribution in [2.24, 2.45) is 18.0 Å². The lowest BCUT2D eigenvalue weighted by Crippen LogP contribution is -2.42. The molecule has 2 fully saturated rings. The number of nitrogens with one attached hydrogen (secondary N) is 1. The molecule has 1 aromatic heterocycles.